The van der Waals surface area contributed by atoms with Gasteiger partial charge in [0.05, 0.1) is 0 Å². The van der Waals surface area contributed by atoms with Crippen LogP contribution in [0.4, 0.5) is 0 Å². The summed E-state index contributed by atoms with van der Waals surface area (Å²) in [4.78, 5) is 0. The Labute approximate surface area is 161 Å². The van der Waals surface area contributed by atoms with Crippen LogP contribution >= 0.6 is 0 Å². The number of fused-ring (bicyclic) bond motifs is 2. The fourth-order valence-electron chi connectivity index (χ4n) is 4.52. The van der Waals surface area contributed by atoms with E-state index in [1.165, 1.54) is 0 Å². The van der Waals surface area contributed by atoms with Gasteiger partial charge in [-0.2, -0.15) is 0 Å². The van der Waals surface area contributed by atoms with Gasteiger partial charge in [0.1, 0.15) is 0 Å². The average Bonchev–Trinajstić information content (AvgIpc) is 2.57. The Morgan fingerprint density at radius 3 is 0.769 bits per heavy atom. The van der Waals surface area contributed by atoms with E-state index in [1.54, 1.807) is 44.5 Å². The van der Waals surface area contributed by atoms with Gasteiger partial charge >= 0.3 is 0 Å². The van der Waals surface area contributed by atoms with E-state index in [1.807, 2.05) is 0 Å². The molecule has 0 spiro atoms. The van der Waals surface area contributed by atoms with Crippen LogP contribution in [0.3, 0.4) is 0 Å². The highest BCUT2D eigenvalue weighted by molar-refractivity contribution is 5.53. The van der Waals surface area contributed by atoms with Crippen LogP contribution in [0.1, 0.15) is 124 Å². The molecule has 0 unspecified atom stereocenters. The molecule has 0 amide bonds. The Kier molecular flexibility index (Phi) is 5.33. The first-order valence-electron chi connectivity index (χ1n) is 10.5. The molecule has 0 aliphatic heterocycles. The molecule has 1 aliphatic rings. The van der Waals surface area contributed by atoms with Gasteiger partial charge in [0, 0.05) is 0 Å². The number of rotatable bonds is 4. The Hall–Kier alpha value is -1.56. The van der Waals surface area contributed by atoms with Gasteiger partial charge < -0.3 is 0 Å². The van der Waals surface area contributed by atoms with Crippen LogP contribution in [-0.4, -0.2) is 0 Å². The minimum atomic E-state index is 0.591. The molecule has 140 valence electrons. The molecule has 0 aromatic heterocycles. The molecule has 2 aromatic rings. The second-order valence-electron chi connectivity index (χ2n) is 9.47. The third kappa shape index (κ3) is 3.48. The predicted molar refractivity (Wildman–Crippen MR) is 115 cm³/mol. The zero-order chi connectivity index (χ0) is 19.2. The van der Waals surface area contributed by atoms with Crippen molar-refractivity contribution in [2.75, 3.05) is 0 Å². The Morgan fingerprint density at radius 1 is 0.423 bits per heavy atom. The van der Waals surface area contributed by atoms with Crippen molar-refractivity contribution in [2.45, 2.75) is 91.9 Å². The van der Waals surface area contributed by atoms with Gasteiger partial charge in [0.2, 0.25) is 0 Å². The first-order valence-corrected chi connectivity index (χ1v) is 10.5. The van der Waals surface area contributed by atoms with Crippen molar-refractivity contribution in [1.29, 1.82) is 0 Å². The Bertz CT molecular complexity index is 668. The monoisotopic (exact) mass is 348 g/mol. The minimum Gasteiger partial charge on any atom is -0.0587 e. The summed E-state index contributed by atoms with van der Waals surface area (Å²) in [6, 6.07) is 10.1. The van der Waals surface area contributed by atoms with Crippen molar-refractivity contribution in [3.8, 4) is 0 Å². The Morgan fingerprint density at radius 2 is 0.615 bits per heavy atom. The summed E-state index contributed by atoms with van der Waals surface area (Å²) < 4.78 is 0. The standard InChI is InChI=1S/C26H36/c1-15(2)23-11-19-9-21-13-25(17(5)6)26(18(7)8)14-22(21)10-20(19)12-24(23)16(3)4/h11-18H,9-10H2,1-8H3. The second-order valence-corrected chi connectivity index (χ2v) is 9.47. The van der Waals surface area contributed by atoms with Gasteiger partial charge in [-0.15, -0.1) is 0 Å². The summed E-state index contributed by atoms with van der Waals surface area (Å²) in [5.74, 6) is 2.37. The summed E-state index contributed by atoms with van der Waals surface area (Å²) >= 11 is 0. The second kappa shape index (κ2) is 7.22. The Balaban J connectivity index is 2.11. The maximum Gasteiger partial charge on any atom is -0.00199 e. The normalized spacial score (nSPS) is 13.7. The zero-order valence-corrected chi connectivity index (χ0v) is 18.0. The molecule has 0 heteroatoms. The maximum absolute atomic E-state index is 2.52. The quantitative estimate of drug-likeness (QED) is 0.453. The third-order valence-electron chi connectivity index (χ3n) is 6.06. The molecule has 0 bridgehead atoms. The van der Waals surface area contributed by atoms with Crippen LogP contribution in [0.5, 0.6) is 0 Å². The number of hydrogen-bond acceptors (Lipinski definition) is 0. The molecule has 0 radical (unpaired) electrons. The fourth-order valence-corrected chi connectivity index (χ4v) is 4.52. The van der Waals surface area contributed by atoms with Crippen molar-refractivity contribution in [3.63, 3.8) is 0 Å². The molecule has 0 N–H and O–H groups in total. The zero-order valence-electron chi connectivity index (χ0n) is 18.0. The van der Waals surface area contributed by atoms with Gasteiger partial charge in [-0.25, -0.2) is 0 Å². The fraction of sp³-hybridized carbons (Fsp3) is 0.538. The third-order valence-corrected chi connectivity index (χ3v) is 6.06. The summed E-state index contributed by atoms with van der Waals surface area (Å²) in [5, 5.41) is 0. The van der Waals surface area contributed by atoms with Gasteiger partial charge in [-0.1, -0.05) is 79.7 Å². The van der Waals surface area contributed by atoms with Crippen LogP contribution in [0.2, 0.25) is 0 Å². The number of hydrogen-bond donors (Lipinski definition) is 0. The lowest BCUT2D eigenvalue weighted by molar-refractivity contribution is 0.773. The summed E-state index contributed by atoms with van der Waals surface area (Å²) in [7, 11) is 0. The largest absolute Gasteiger partial charge is 0.0587 e. The molecule has 0 heterocycles. The highest BCUT2D eigenvalue weighted by Crippen LogP contribution is 2.37. The molecule has 0 fully saturated rings. The lowest BCUT2D eigenvalue weighted by atomic mass is 9.77. The highest BCUT2D eigenvalue weighted by Gasteiger charge is 2.22. The topological polar surface area (TPSA) is 0 Å². The molecular formula is C26H36. The van der Waals surface area contributed by atoms with Crippen LogP contribution in [0, 0.1) is 0 Å². The van der Waals surface area contributed by atoms with Crippen LogP contribution in [-0.2, 0) is 12.8 Å². The van der Waals surface area contributed by atoms with Gasteiger partial charge in [0.15, 0.2) is 0 Å². The highest BCUT2D eigenvalue weighted by atomic mass is 14.3. The molecule has 0 atom stereocenters. The van der Waals surface area contributed by atoms with Crippen LogP contribution in [0.15, 0.2) is 24.3 Å². The van der Waals surface area contributed by atoms with Crippen molar-refractivity contribution < 1.29 is 0 Å². The van der Waals surface area contributed by atoms with Crippen LogP contribution < -0.4 is 0 Å². The molecule has 0 saturated carbocycles. The SMILES string of the molecule is CC(C)c1cc2c(cc1C(C)C)Cc1cc(C(C)C)c(C(C)C)cc1C2. The van der Waals surface area contributed by atoms with E-state index in [9.17, 15) is 0 Å². The molecule has 0 saturated heterocycles. The van der Waals surface area contributed by atoms with Crippen LogP contribution in [0.25, 0.3) is 0 Å². The first-order chi connectivity index (χ1) is 12.2. The van der Waals surface area contributed by atoms with Crippen molar-refractivity contribution in [1.82, 2.24) is 0 Å². The smallest absolute Gasteiger partial charge is 0.00199 e. The molecule has 0 nitrogen and oxygen atoms in total. The van der Waals surface area contributed by atoms with Gasteiger partial charge in [-0.05, 0) is 81.0 Å². The minimum absolute atomic E-state index is 0.591. The summed E-state index contributed by atoms with van der Waals surface area (Å²) in [5.41, 5.74) is 12.4. The number of benzene rings is 2. The van der Waals surface area contributed by atoms with E-state index >= 15 is 0 Å². The van der Waals surface area contributed by atoms with E-state index in [0.29, 0.717) is 23.7 Å². The summed E-state index contributed by atoms with van der Waals surface area (Å²) in [6.45, 7) is 18.6. The molecule has 2 aromatic carbocycles. The van der Waals surface area contributed by atoms with E-state index in [-0.39, 0.29) is 0 Å². The van der Waals surface area contributed by atoms with Crippen molar-refractivity contribution in [2.24, 2.45) is 0 Å². The maximum atomic E-state index is 2.52. The van der Waals surface area contributed by atoms with E-state index in [2.05, 4.69) is 79.7 Å². The molecule has 1 aliphatic carbocycles. The molecule has 26 heavy (non-hydrogen) atoms. The van der Waals surface area contributed by atoms with Gasteiger partial charge in [-0.3, -0.25) is 0 Å². The van der Waals surface area contributed by atoms with E-state index in [4.69, 9.17) is 0 Å². The van der Waals surface area contributed by atoms with Crippen molar-refractivity contribution >= 4 is 0 Å². The average molecular weight is 349 g/mol. The molecular weight excluding hydrogens is 312 g/mol. The molecule has 3 rings (SSSR count). The predicted octanol–water partition coefficient (Wildman–Crippen LogP) is 7.68. The first kappa shape index (κ1) is 19.2. The van der Waals surface area contributed by atoms with Crippen molar-refractivity contribution in [3.05, 3.63) is 68.8 Å². The lowest BCUT2D eigenvalue weighted by Gasteiger charge is -2.27. The van der Waals surface area contributed by atoms with E-state index < -0.39 is 0 Å². The summed E-state index contributed by atoms with van der Waals surface area (Å²) in [6.07, 6.45) is 2.20. The van der Waals surface area contributed by atoms with Gasteiger partial charge in [0.25, 0.3) is 0 Å². The lowest BCUT2D eigenvalue weighted by Crippen LogP contribution is -2.13. The van der Waals surface area contributed by atoms with E-state index in [0.717, 1.165) is 12.8 Å².